The van der Waals surface area contributed by atoms with Gasteiger partial charge in [-0.05, 0) is 66.6 Å². The summed E-state index contributed by atoms with van der Waals surface area (Å²) in [6.07, 6.45) is 0. The van der Waals surface area contributed by atoms with Crippen LogP contribution in [0.3, 0.4) is 0 Å². The van der Waals surface area contributed by atoms with Crippen molar-refractivity contribution in [3.8, 4) is 11.5 Å². The molecule has 1 atom stereocenters. The molecule has 1 aliphatic heterocycles. The van der Waals surface area contributed by atoms with E-state index in [2.05, 4.69) is 0 Å². The molecule has 0 radical (unpaired) electrons. The summed E-state index contributed by atoms with van der Waals surface area (Å²) in [4.78, 5) is 27.3. The summed E-state index contributed by atoms with van der Waals surface area (Å²) in [5.41, 5.74) is 1.53. The van der Waals surface area contributed by atoms with E-state index in [0.717, 1.165) is 11.0 Å². The number of hydrogen-bond acceptors (Lipinski definition) is 5. The lowest BCUT2D eigenvalue weighted by molar-refractivity contribution is -0.132. The number of carbonyl (C=O) groups excluding carboxylic acids is 2. The first-order chi connectivity index (χ1) is 15.3. The number of Topliss-reactive ketones (excluding diaryl/α,β-unsaturated/α-hetero) is 1. The minimum Gasteiger partial charge on any atom is -0.508 e. The summed E-state index contributed by atoms with van der Waals surface area (Å²) >= 11 is 0. The molecule has 7 heteroatoms. The summed E-state index contributed by atoms with van der Waals surface area (Å²) in [5, 5.41) is 20.9. The van der Waals surface area contributed by atoms with Gasteiger partial charge in [0, 0.05) is 11.3 Å². The van der Waals surface area contributed by atoms with Gasteiger partial charge in [-0.25, -0.2) is 4.39 Å². The molecule has 1 saturated heterocycles. The molecular weight excluding hydrogens is 413 g/mol. The Hall–Kier alpha value is -4.13. The first kappa shape index (κ1) is 21.1. The summed E-state index contributed by atoms with van der Waals surface area (Å²) in [7, 11) is 1.52. The third kappa shape index (κ3) is 3.58. The summed E-state index contributed by atoms with van der Waals surface area (Å²) in [5.74, 6) is -2.11. The maximum atomic E-state index is 13.9. The molecule has 2 N–H and O–H groups in total. The number of methoxy groups -OCH3 is 1. The van der Waals surface area contributed by atoms with Crippen molar-refractivity contribution in [2.45, 2.75) is 13.0 Å². The van der Waals surface area contributed by atoms with E-state index in [-0.39, 0.29) is 22.8 Å². The Labute approximate surface area is 183 Å². The quantitative estimate of drug-likeness (QED) is 0.360. The molecule has 0 spiro atoms. The fraction of sp³-hybridized carbons (Fsp3) is 0.120. The molecule has 1 amide bonds. The molecule has 0 saturated carbocycles. The first-order valence-corrected chi connectivity index (χ1v) is 9.82. The summed E-state index contributed by atoms with van der Waals surface area (Å²) in [6, 6.07) is 15.2. The average molecular weight is 433 g/mol. The smallest absolute Gasteiger partial charge is 0.300 e. The number of benzene rings is 3. The molecule has 1 aliphatic rings. The molecule has 3 aromatic carbocycles. The number of carbonyl (C=O) groups is 2. The van der Waals surface area contributed by atoms with E-state index in [9.17, 15) is 24.2 Å². The lowest BCUT2D eigenvalue weighted by Gasteiger charge is -2.25. The zero-order chi connectivity index (χ0) is 23.0. The van der Waals surface area contributed by atoms with Gasteiger partial charge in [0.15, 0.2) is 0 Å². The highest BCUT2D eigenvalue weighted by atomic mass is 19.1. The Balaban J connectivity index is 1.95. The third-order valence-corrected chi connectivity index (χ3v) is 5.43. The molecule has 6 nitrogen and oxygen atoms in total. The lowest BCUT2D eigenvalue weighted by Crippen LogP contribution is -2.29. The average Bonchev–Trinajstić information content (AvgIpc) is 3.04. The fourth-order valence-electron chi connectivity index (χ4n) is 3.87. The van der Waals surface area contributed by atoms with Crippen LogP contribution < -0.4 is 9.64 Å². The number of aliphatic hydroxyl groups excluding tert-OH is 1. The number of hydrogen-bond donors (Lipinski definition) is 2. The molecule has 0 aromatic heterocycles. The van der Waals surface area contributed by atoms with Crippen LogP contribution in [-0.4, -0.2) is 29.0 Å². The van der Waals surface area contributed by atoms with Gasteiger partial charge in [0.05, 0.1) is 18.7 Å². The molecule has 0 aliphatic carbocycles. The number of amides is 1. The van der Waals surface area contributed by atoms with Gasteiger partial charge in [-0.1, -0.05) is 18.2 Å². The van der Waals surface area contributed by atoms with Crippen LogP contribution >= 0.6 is 0 Å². The zero-order valence-corrected chi connectivity index (χ0v) is 17.4. The Kier molecular flexibility index (Phi) is 5.40. The van der Waals surface area contributed by atoms with Gasteiger partial charge in [0.1, 0.15) is 23.1 Å². The molecule has 1 heterocycles. The van der Waals surface area contributed by atoms with Gasteiger partial charge in [-0.2, -0.15) is 0 Å². The molecule has 0 bridgehead atoms. The molecule has 32 heavy (non-hydrogen) atoms. The van der Waals surface area contributed by atoms with E-state index in [4.69, 9.17) is 4.74 Å². The number of aromatic hydroxyl groups is 1. The number of aliphatic hydroxyl groups is 1. The second kappa shape index (κ2) is 8.19. The van der Waals surface area contributed by atoms with Gasteiger partial charge in [-0.15, -0.1) is 0 Å². The van der Waals surface area contributed by atoms with Crippen LogP contribution in [0.1, 0.15) is 22.7 Å². The molecule has 4 rings (SSSR count). The van der Waals surface area contributed by atoms with Crippen molar-refractivity contribution in [2.24, 2.45) is 0 Å². The number of aryl methyl sites for hydroxylation is 1. The minimum absolute atomic E-state index is 0.00227. The van der Waals surface area contributed by atoms with Gasteiger partial charge in [-0.3, -0.25) is 14.5 Å². The normalized spacial score (nSPS) is 17.6. The van der Waals surface area contributed by atoms with Crippen LogP contribution in [0.5, 0.6) is 11.5 Å². The predicted octanol–water partition coefficient (Wildman–Crippen LogP) is 4.47. The maximum Gasteiger partial charge on any atom is 0.300 e. The Bertz CT molecular complexity index is 1250. The topological polar surface area (TPSA) is 87.1 Å². The summed E-state index contributed by atoms with van der Waals surface area (Å²) < 4.78 is 19.1. The summed E-state index contributed by atoms with van der Waals surface area (Å²) in [6.45, 7) is 1.75. The van der Waals surface area contributed by atoms with Crippen molar-refractivity contribution in [2.75, 3.05) is 12.0 Å². The van der Waals surface area contributed by atoms with Gasteiger partial charge in [0.2, 0.25) is 0 Å². The number of phenolic OH excluding ortho intramolecular Hbond substituents is 1. The zero-order valence-electron chi connectivity index (χ0n) is 17.4. The monoisotopic (exact) mass is 433 g/mol. The number of anilines is 1. The van der Waals surface area contributed by atoms with Crippen molar-refractivity contribution < 1.29 is 28.9 Å². The van der Waals surface area contributed by atoms with Gasteiger partial charge >= 0.3 is 0 Å². The Morgan fingerprint density at radius 1 is 1.03 bits per heavy atom. The van der Waals surface area contributed by atoms with Gasteiger partial charge < -0.3 is 14.9 Å². The molecule has 162 valence electrons. The molecular formula is C25H20FNO5. The van der Waals surface area contributed by atoms with Crippen LogP contribution in [-0.2, 0) is 9.59 Å². The van der Waals surface area contributed by atoms with Crippen molar-refractivity contribution in [1.29, 1.82) is 0 Å². The van der Waals surface area contributed by atoms with Crippen LogP contribution in [0.2, 0.25) is 0 Å². The fourth-order valence-corrected chi connectivity index (χ4v) is 3.87. The largest absolute Gasteiger partial charge is 0.508 e. The van der Waals surface area contributed by atoms with E-state index >= 15 is 0 Å². The lowest BCUT2D eigenvalue weighted by atomic mass is 9.93. The maximum absolute atomic E-state index is 13.9. The van der Waals surface area contributed by atoms with E-state index in [0.29, 0.717) is 22.4 Å². The van der Waals surface area contributed by atoms with Crippen LogP contribution in [0.15, 0.2) is 72.3 Å². The van der Waals surface area contributed by atoms with Crippen molar-refractivity contribution in [3.05, 3.63) is 94.8 Å². The highest BCUT2D eigenvalue weighted by Gasteiger charge is 2.47. The minimum atomic E-state index is -1.01. The van der Waals surface area contributed by atoms with E-state index in [1.807, 2.05) is 0 Å². The third-order valence-electron chi connectivity index (χ3n) is 5.43. The highest BCUT2D eigenvalue weighted by Crippen LogP contribution is 2.43. The van der Waals surface area contributed by atoms with E-state index < -0.39 is 23.5 Å². The molecule has 3 aromatic rings. The number of rotatable bonds is 4. The Morgan fingerprint density at radius 3 is 2.38 bits per heavy atom. The SMILES string of the molecule is COc1ccc(/C(O)=C2/C(=O)C(=O)N(c3cccc(F)c3)C2c2ccc(O)cc2)c(C)c1. The van der Waals surface area contributed by atoms with Crippen molar-refractivity contribution >= 4 is 23.1 Å². The first-order valence-electron chi connectivity index (χ1n) is 9.82. The second-order valence-corrected chi connectivity index (χ2v) is 7.42. The number of nitrogens with zero attached hydrogens (tertiary/aromatic N) is 1. The van der Waals surface area contributed by atoms with E-state index in [1.54, 1.807) is 37.3 Å². The van der Waals surface area contributed by atoms with E-state index in [1.165, 1.54) is 37.4 Å². The standard InChI is InChI=1S/C25H20FNO5/c1-14-12-19(32-2)10-11-20(14)23(29)21-22(15-6-8-18(28)9-7-15)27(25(31)24(21)30)17-5-3-4-16(26)13-17/h3-13,22,28-29H,1-2H3/b23-21-. The van der Waals surface area contributed by atoms with Crippen molar-refractivity contribution in [1.82, 2.24) is 0 Å². The highest BCUT2D eigenvalue weighted by molar-refractivity contribution is 6.51. The van der Waals surface area contributed by atoms with Gasteiger partial charge in [0.25, 0.3) is 11.7 Å². The number of ketones is 1. The molecule has 1 unspecified atom stereocenters. The van der Waals surface area contributed by atoms with Crippen molar-refractivity contribution in [3.63, 3.8) is 0 Å². The number of ether oxygens (including phenoxy) is 1. The predicted molar refractivity (Wildman–Crippen MR) is 117 cm³/mol. The van der Waals surface area contributed by atoms with Crippen LogP contribution in [0.25, 0.3) is 5.76 Å². The van der Waals surface area contributed by atoms with Crippen LogP contribution in [0.4, 0.5) is 10.1 Å². The second-order valence-electron chi connectivity index (χ2n) is 7.42. The van der Waals surface area contributed by atoms with Crippen LogP contribution in [0, 0.1) is 12.7 Å². The number of phenols is 1. The molecule has 1 fully saturated rings. The number of halogens is 1. The Morgan fingerprint density at radius 2 is 1.75 bits per heavy atom.